The van der Waals surface area contributed by atoms with E-state index in [2.05, 4.69) is 0 Å². The van der Waals surface area contributed by atoms with Crippen LogP contribution in [0.4, 0.5) is 13.2 Å². The Balaban J connectivity index is 2.14. The highest BCUT2D eigenvalue weighted by atomic mass is 35.5. The summed E-state index contributed by atoms with van der Waals surface area (Å²) in [6.45, 7) is 1.93. The van der Waals surface area contributed by atoms with E-state index in [0.717, 1.165) is 6.07 Å². The lowest BCUT2D eigenvalue weighted by molar-refractivity contribution is -0.136. The van der Waals surface area contributed by atoms with Crippen LogP contribution in [0.15, 0.2) is 24.3 Å². The fraction of sp³-hybridized carbons (Fsp3) is 0.278. The van der Waals surface area contributed by atoms with Crippen molar-refractivity contribution in [1.82, 2.24) is 4.57 Å². The summed E-state index contributed by atoms with van der Waals surface area (Å²) >= 11 is 6.88. The zero-order valence-electron chi connectivity index (χ0n) is 14.4. The van der Waals surface area contributed by atoms with E-state index in [1.54, 1.807) is 23.6 Å². The SMILES string of the molecule is COc1cc2c(CC(=O)O)c(C)n(Cc3ccc(C(F)(F)F)s3)c2cc1Cl. The van der Waals surface area contributed by atoms with Crippen molar-refractivity contribution in [3.63, 3.8) is 0 Å². The normalized spacial score (nSPS) is 11.9. The molecule has 1 N–H and O–H groups in total. The maximum atomic E-state index is 12.9. The Labute approximate surface area is 161 Å². The van der Waals surface area contributed by atoms with Crippen LogP contribution in [-0.2, 0) is 23.9 Å². The number of carbonyl (C=O) groups is 1. The van der Waals surface area contributed by atoms with Crippen LogP contribution in [0, 0.1) is 6.92 Å². The maximum Gasteiger partial charge on any atom is 0.425 e. The van der Waals surface area contributed by atoms with Gasteiger partial charge in [0.1, 0.15) is 10.6 Å². The van der Waals surface area contributed by atoms with Crippen LogP contribution in [-0.4, -0.2) is 22.8 Å². The molecule has 0 unspecified atom stereocenters. The van der Waals surface area contributed by atoms with Gasteiger partial charge in [0.05, 0.1) is 30.6 Å². The number of aliphatic carboxylic acids is 1. The second-order valence-electron chi connectivity index (χ2n) is 5.99. The molecule has 9 heteroatoms. The summed E-state index contributed by atoms with van der Waals surface area (Å²) in [7, 11) is 1.46. The first kappa shape index (κ1) is 19.6. The molecule has 0 aliphatic rings. The molecule has 2 heterocycles. The first-order valence-electron chi connectivity index (χ1n) is 7.84. The zero-order valence-corrected chi connectivity index (χ0v) is 15.9. The minimum absolute atomic E-state index is 0.186. The fourth-order valence-electron chi connectivity index (χ4n) is 3.05. The average molecular weight is 418 g/mol. The van der Waals surface area contributed by atoms with Gasteiger partial charge in [-0.3, -0.25) is 4.79 Å². The molecule has 0 aliphatic heterocycles. The summed E-state index contributed by atoms with van der Waals surface area (Å²) in [4.78, 5) is 11.1. The highest BCUT2D eigenvalue weighted by molar-refractivity contribution is 7.12. The molecule has 3 aromatic rings. The molecule has 1 aromatic carbocycles. The summed E-state index contributed by atoms with van der Waals surface area (Å²) < 4.78 is 45.6. The molecule has 0 radical (unpaired) electrons. The average Bonchev–Trinajstić information content (AvgIpc) is 3.13. The second-order valence-corrected chi connectivity index (χ2v) is 7.56. The van der Waals surface area contributed by atoms with Crippen LogP contribution >= 0.6 is 22.9 Å². The minimum Gasteiger partial charge on any atom is -0.495 e. The quantitative estimate of drug-likeness (QED) is 0.607. The van der Waals surface area contributed by atoms with E-state index in [1.807, 2.05) is 0 Å². The molecule has 2 aromatic heterocycles. The molecule has 0 aliphatic carbocycles. The van der Waals surface area contributed by atoms with Crippen LogP contribution in [0.2, 0.25) is 5.02 Å². The molecule has 0 fully saturated rings. The zero-order chi connectivity index (χ0) is 19.9. The number of carboxylic acid groups (broad SMARTS) is 1. The van der Waals surface area contributed by atoms with Gasteiger partial charge in [0.15, 0.2) is 0 Å². The lowest BCUT2D eigenvalue weighted by Gasteiger charge is -2.09. The lowest BCUT2D eigenvalue weighted by Crippen LogP contribution is -2.04. The Bertz CT molecular complexity index is 1020. The number of alkyl halides is 3. The van der Waals surface area contributed by atoms with Gasteiger partial charge in [0.2, 0.25) is 0 Å². The molecule has 4 nitrogen and oxygen atoms in total. The maximum absolute atomic E-state index is 12.9. The smallest absolute Gasteiger partial charge is 0.425 e. The van der Waals surface area contributed by atoms with Crippen LogP contribution in [0.3, 0.4) is 0 Å². The third-order valence-electron chi connectivity index (χ3n) is 4.31. The molecule has 144 valence electrons. The number of aromatic nitrogens is 1. The Kier molecular flexibility index (Phi) is 5.14. The molecule has 0 bridgehead atoms. The van der Waals surface area contributed by atoms with Gasteiger partial charge in [-0.1, -0.05) is 11.6 Å². The summed E-state index contributed by atoms with van der Waals surface area (Å²) in [6.07, 6.45) is -4.60. The van der Waals surface area contributed by atoms with E-state index >= 15 is 0 Å². The Morgan fingerprint density at radius 3 is 2.59 bits per heavy atom. The summed E-state index contributed by atoms with van der Waals surface area (Å²) in [5, 5.41) is 10.2. The van der Waals surface area contributed by atoms with Crippen molar-refractivity contribution in [2.45, 2.75) is 26.1 Å². The van der Waals surface area contributed by atoms with Crippen LogP contribution in [0.1, 0.15) is 21.0 Å². The summed E-state index contributed by atoms with van der Waals surface area (Å²) in [6, 6.07) is 5.79. The number of rotatable bonds is 5. The van der Waals surface area contributed by atoms with Gasteiger partial charge in [-0.25, -0.2) is 0 Å². The number of fused-ring (bicyclic) bond motifs is 1. The molecular formula is C18H15ClF3NO3S. The number of thiophene rings is 1. The van der Waals surface area contributed by atoms with Crippen LogP contribution < -0.4 is 4.74 Å². The number of nitrogens with zero attached hydrogens (tertiary/aromatic N) is 1. The highest BCUT2D eigenvalue weighted by Gasteiger charge is 2.32. The van der Waals surface area contributed by atoms with Crippen LogP contribution in [0.25, 0.3) is 10.9 Å². The van der Waals surface area contributed by atoms with E-state index in [4.69, 9.17) is 16.3 Å². The molecular weight excluding hydrogens is 403 g/mol. The minimum atomic E-state index is -4.39. The molecule has 0 amide bonds. The van der Waals surface area contributed by atoms with Gasteiger partial charge in [-0.2, -0.15) is 13.2 Å². The van der Waals surface area contributed by atoms with Gasteiger partial charge in [-0.05, 0) is 36.8 Å². The second kappa shape index (κ2) is 7.09. The van der Waals surface area contributed by atoms with Gasteiger partial charge >= 0.3 is 12.1 Å². The molecule has 3 rings (SSSR count). The van der Waals surface area contributed by atoms with Crippen molar-refractivity contribution < 1.29 is 27.8 Å². The van der Waals surface area contributed by atoms with Gasteiger partial charge in [-0.15, -0.1) is 11.3 Å². The van der Waals surface area contributed by atoms with E-state index in [0.29, 0.717) is 49.1 Å². The first-order chi connectivity index (χ1) is 12.6. The van der Waals surface area contributed by atoms with Crippen LogP contribution in [0.5, 0.6) is 5.75 Å². The summed E-state index contributed by atoms with van der Waals surface area (Å²) in [5.41, 5.74) is 1.90. The van der Waals surface area contributed by atoms with E-state index < -0.39 is 17.0 Å². The highest BCUT2D eigenvalue weighted by Crippen LogP contribution is 2.38. The van der Waals surface area contributed by atoms with Gasteiger partial charge < -0.3 is 14.4 Å². The Morgan fingerprint density at radius 1 is 1.33 bits per heavy atom. The number of ether oxygens (including phenoxy) is 1. The van der Waals surface area contributed by atoms with E-state index in [9.17, 15) is 23.1 Å². The predicted molar refractivity (Wildman–Crippen MR) is 98.0 cm³/mol. The third-order valence-corrected chi connectivity index (χ3v) is 5.72. The topological polar surface area (TPSA) is 51.5 Å². The molecule has 27 heavy (non-hydrogen) atoms. The van der Waals surface area contributed by atoms with E-state index in [1.165, 1.54) is 13.2 Å². The van der Waals surface area contributed by atoms with E-state index in [-0.39, 0.29) is 13.0 Å². The monoisotopic (exact) mass is 417 g/mol. The van der Waals surface area contributed by atoms with Crippen molar-refractivity contribution in [3.8, 4) is 5.75 Å². The Morgan fingerprint density at radius 2 is 2.04 bits per heavy atom. The molecule has 0 spiro atoms. The number of benzene rings is 1. The van der Waals surface area contributed by atoms with Gasteiger partial charge in [0, 0.05) is 16.0 Å². The number of hydrogen-bond acceptors (Lipinski definition) is 3. The standard InChI is InChI=1S/C18H15ClF3NO3S/c1-9-11(6-17(24)25)12-5-15(26-2)13(19)7-14(12)23(9)8-10-3-4-16(27-10)18(20,21)22/h3-5,7H,6,8H2,1-2H3,(H,24,25). The van der Waals surface area contributed by atoms with Gasteiger partial charge in [0.25, 0.3) is 0 Å². The predicted octanol–water partition coefficient (Wildman–Crippen LogP) is 5.37. The molecule has 0 atom stereocenters. The van der Waals surface area contributed by atoms with Crippen molar-refractivity contribution in [1.29, 1.82) is 0 Å². The fourth-order valence-corrected chi connectivity index (χ4v) is 4.15. The van der Waals surface area contributed by atoms with Crippen molar-refractivity contribution in [2.75, 3.05) is 7.11 Å². The summed E-state index contributed by atoms with van der Waals surface area (Å²) in [5.74, 6) is -0.593. The number of methoxy groups -OCH3 is 1. The third kappa shape index (κ3) is 3.77. The Hall–Kier alpha value is -2.19. The molecule has 0 saturated carbocycles. The number of hydrogen-bond donors (Lipinski definition) is 1. The number of carboxylic acids is 1. The lowest BCUT2D eigenvalue weighted by atomic mass is 10.1. The largest absolute Gasteiger partial charge is 0.495 e. The number of halogens is 4. The first-order valence-corrected chi connectivity index (χ1v) is 9.04. The molecule has 0 saturated heterocycles. The van der Waals surface area contributed by atoms with Crippen molar-refractivity contribution in [2.24, 2.45) is 0 Å². The van der Waals surface area contributed by atoms with Crippen molar-refractivity contribution >= 4 is 39.8 Å². The van der Waals surface area contributed by atoms with Crippen molar-refractivity contribution in [3.05, 3.63) is 50.3 Å².